The van der Waals surface area contributed by atoms with E-state index in [2.05, 4.69) is 13.8 Å². The molecule has 0 aromatic carbocycles. The second kappa shape index (κ2) is 3.57. The Morgan fingerprint density at radius 3 is 2.18 bits per heavy atom. The lowest BCUT2D eigenvalue weighted by molar-refractivity contribution is 0.250. The Balaban J connectivity index is 2.37. The lowest BCUT2D eigenvalue weighted by atomic mass is 9.77. The van der Waals surface area contributed by atoms with E-state index in [9.17, 15) is 0 Å². The molecule has 0 aliphatic heterocycles. The summed E-state index contributed by atoms with van der Waals surface area (Å²) in [5, 5.41) is 0. The highest BCUT2D eigenvalue weighted by molar-refractivity contribution is 4.87. The molecule has 1 heteroatoms. The van der Waals surface area contributed by atoms with Gasteiger partial charge in [-0.2, -0.15) is 0 Å². The monoisotopic (exact) mass is 155 g/mol. The highest BCUT2D eigenvalue weighted by Crippen LogP contribution is 2.30. The van der Waals surface area contributed by atoms with Crippen molar-refractivity contribution in [3.63, 3.8) is 0 Å². The normalized spacial score (nSPS) is 24.0. The molecule has 0 aromatic rings. The van der Waals surface area contributed by atoms with E-state index in [1.54, 1.807) is 0 Å². The molecule has 11 heavy (non-hydrogen) atoms. The lowest BCUT2D eigenvalue weighted by Gasteiger charge is -2.34. The SMILES string of the molecule is CC(C)CC1(N)CCCCC1. The molecule has 66 valence electrons. The van der Waals surface area contributed by atoms with Gasteiger partial charge in [0.05, 0.1) is 0 Å². The Morgan fingerprint density at radius 2 is 1.73 bits per heavy atom. The van der Waals surface area contributed by atoms with Crippen molar-refractivity contribution >= 4 is 0 Å². The summed E-state index contributed by atoms with van der Waals surface area (Å²) in [6, 6.07) is 0. The molecule has 1 aliphatic carbocycles. The summed E-state index contributed by atoms with van der Waals surface area (Å²) in [6.45, 7) is 4.53. The fraction of sp³-hybridized carbons (Fsp3) is 1.00. The minimum Gasteiger partial charge on any atom is -0.325 e. The third-order valence-corrected chi connectivity index (χ3v) is 2.66. The van der Waals surface area contributed by atoms with Gasteiger partial charge in [-0.25, -0.2) is 0 Å². The van der Waals surface area contributed by atoms with Gasteiger partial charge < -0.3 is 5.73 Å². The number of rotatable bonds is 2. The second-order valence-corrected chi connectivity index (χ2v) is 4.52. The van der Waals surface area contributed by atoms with E-state index in [1.165, 1.54) is 38.5 Å². The maximum absolute atomic E-state index is 6.26. The summed E-state index contributed by atoms with van der Waals surface area (Å²) in [4.78, 5) is 0. The Morgan fingerprint density at radius 1 is 1.18 bits per heavy atom. The van der Waals surface area contributed by atoms with E-state index in [1.807, 2.05) is 0 Å². The summed E-state index contributed by atoms with van der Waals surface area (Å²) in [6.07, 6.45) is 7.83. The number of hydrogen-bond donors (Lipinski definition) is 1. The molecule has 0 radical (unpaired) electrons. The molecule has 1 rings (SSSR count). The fourth-order valence-corrected chi connectivity index (χ4v) is 2.27. The summed E-state index contributed by atoms with van der Waals surface area (Å²) >= 11 is 0. The Labute approximate surface area is 70.4 Å². The molecule has 0 aromatic heterocycles. The molecule has 1 aliphatic rings. The quantitative estimate of drug-likeness (QED) is 0.652. The third-order valence-electron chi connectivity index (χ3n) is 2.66. The van der Waals surface area contributed by atoms with Gasteiger partial charge in [-0.3, -0.25) is 0 Å². The van der Waals surface area contributed by atoms with Crippen molar-refractivity contribution in [2.24, 2.45) is 11.7 Å². The molecule has 0 heterocycles. The maximum atomic E-state index is 6.26. The minimum absolute atomic E-state index is 0.201. The molecule has 1 nitrogen and oxygen atoms in total. The van der Waals surface area contributed by atoms with E-state index < -0.39 is 0 Å². The maximum Gasteiger partial charge on any atom is 0.0156 e. The van der Waals surface area contributed by atoms with Crippen molar-refractivity contribution < 1.29 is 0 Å². The molecular formula is C10H21N. The molecule has 0 saturated heterocycles. The molecule has 0 spiro atoms. The second-order valence-electron chi connectivity index (χ2n) is 4.52. The van der Waals surface area contributed by atoms with Gasteiger partial charge in [-0.05, 0) is 25.2 Å². The number of nitrogens with two attached hydrogens (primary N) is 1. The predicted octanol–water partition coefficient (Wildman–Crippen LogP) is 2.69. The Bertz CT molecular complexity index is 112. The summed E-state index contributed by atoms with van der Waals surface area (Å²) < 4.78 is 0. The Kier molecular flexibility index (Phi) is 2.94. The molecule has 0 unspecified atom stereocenters. The molecule has 0 bridgehead atoms. The van der Waals surface area contributed by atoms with Crippen LogP contribution in [0.2, 0.25) is 0 Å². The zero-order valence-electron chi connectivity index (χ0n) is 7.90. The smallest absolute Gasteiger partial charge is 0.0156 e. The summed E-state index contributed by atoms with van der Waals surface area (Å²) in [7, 11) is 0. The lowest BCUT2D eigenvalue weighted by Crippen LogP contribution is -2.42. The van der Waals surface area contributed by atoms with E-state index in [4.69, 9.17) is 5.73 Å². The van der Waals surface area contributed by atoms with Crippen LogP contribution in [0.3, 0.4) is 0 Å². The third kappa shape index (κ3) is 2.82. The van der Waals surface area contributed by atoms with Gasteiger partial charge in [0.1, 0.15) is 0 Å². The zero-order chi connectivity index (χ0) is 8.32. The molecule has 1 fully saturated rings. The first kappa shape index (κ1) is 9.05. The number of hydrogen-bond acceptors (Lipinski definition) is 1. The van der Waals surface area contributed by atoms with E-state index >= 15 is 0 Å². The van der Waals surface area contributed by atoms with Crippen LogP contribution in [0.15, 0.2) is 0 Å². The van der Waals surface area contributed by atoms with Crippen molar-refractivity contribution in [3.05, 3.63) is 0 Å². The van der Waals surface area contributed by atoms with Crippen LogP contribution in [0.4, 0.5) is 0 Å². The zero-order valence-corrected chi connectivity index (χ0v) is 7.90. The van der Waals surface area contributed by atoms with Gasteiger partial charge in [0.15, 0.2) is 0 Å². The van der Waals surface area contributed by atoms with Crippen LogP contribution in [0.1, 0.15) is 52.4 Å². The summed E-state index contributed by atoms with van der Waals surface area (Å²) in [5.74, 6) is 0.762. The van der Waals surface area contributed by atoms with E-state index in [0.717, 1.165) is 5.92 Å². The topological polar surface area (TPSA) is 26.0 Å². The largest absolute Gasteiger partial charge is 0.325 e. The van der Waals surface area contributed by atoms with Crippen LogP contribution in [0.5, 0.6) is 0 Å². The van der Waals surface area contributed by atoms with Gasteiger partial charge >= 0.3 is 0 Å². The molecule has 0 atom stereocenters. The van der Waals surface area contributed by atoms with Crippen molar-refractivity contribution in [1.82, 2.24) is 0 Å². The van der Waals surface area contributed by atoms with Gasteiger partial charge in [0.25, 0.3) is 0 Å². The molecular weight excluding hydrogens is 134 g/mol. The minimum atomic E-state index is 0.201. The average molecular weight is 155 g/mol. The highest BCUT2D eigenvalue weighted by Gasteiger charge is 2.27. The van der Waals surface area contributed by atoms with E-state index in [0.29, 0.717) is 0 Å². The first-order valence-electron chi connectivity index (χ1n) is 4.91. The highest BCUT2D eigenvalue weighted by atomic mass is 14.7. The fourth-order valence-electron chi connectivity index (χ4n) is 2.27. The first-order valence-corrected chi connectivity index (χ1v) is 4.91. The van der Waals surface area contributed by atoms with Crippen molar-refractivity contribution in [1.29, 1.82) is 0 Å². The molecule has 2 N–H and O–H groups in total. The van der Waals surface area contributed by atoms with Crippen molar-refractivity contribution in [2.75, 3.05) is 0 Å². The van der Waals surface area contributed by atoms with Crippen LogP contribution < -0.4 is 5.73 Å². The predicted molar refractivity (Wildman–Crippen MR) is 49.5 cm³/mol. The van der Waals surface area contributed by atoms with Crippen molar-refractivity contribution in [3.8, 4) is 0 Å². The molecule has 0 amide bonds. The van der Waals surface area contributed by atoms with Crippen LogP contribution in [-0.4, -0.2) is 5.54 Å². The molecule has 1 saturated carbocycles. The first-order chi connectivity index (χ1) is 5.12. The van der Waals surface area contributed by atoms with Gasteiger partial charge in [-0.15, -0.1) is 0 Å². The van der Waals surface area contributed by atoms with Gasteiger partial charge in [0, 0.05) is 5.54 Å². The van der Waals surface area contributed by atoms with Crippen LogP contribution in [0, 0.1) is 5.92 Å². The van der Waals surface area contributed by atoms with Crippen LogP contribution in [-0.2, 0) is 0 Å². The van der Waals surface area contributed by atoms with Crippen LogP contribution in [0.25, 0.3) is 0 Å². The Hall–Kier alpha value is -0.0400. The van der Waals surface area contributed by atoms with Crippen LogP contribution >= 0.6 is 0 Å². The van der Waals surface area contributed by atoms with Crippen molar-refractivity contribution in [2.45, 2.75) is 57.9 Å². The standard InChI is InChI=1S/C10H21N/c1-9(2)8-10(11)6-4-3-5-7-10/h9H,3-8,11H2,1-2H3. The average Bonchev–Trinajstić information content (AvgIpc) is 1.85. The van der Waals surface area contributed by atoms with E-state index in [-0.39, 0.29) is 5.54 Å². The summed E-state index contributed by atoms with van der Waals surface area (Å²) in [5.41, 5.74) is 6.46. The van der Waals surface area contributed by atoms with Gasteiger partial charge in [-0.1, -0.05) is 33.1 Å². The van der Waals surface area contributed by atoms with Gasteiger partial charge in [0.2, 0.25) is 0 Å².